The molecule has 5 nitrogen and oxygen atoms in total. The minimum Gasteiger partial charge on any atom is -0.344 e. The molecule has 1 aromatic carbocycles. The summed E-state index contributed by atoms with van der Waals surface area (Å²) in [6, 6.07) is 8.10. The van der Waals surface area contributed by atoms with Crippen LogP contribution in [0.5, 0.6) is 0 Å². The molecule has 132 valence electrons. The van der Waals surface area contributed by atoms with E-state index in [1.165, 1.54) is 27.9 Å². The fourth-order valence-corrected chi connectivity index (χ4v) is 3.15. The summed E-state index contributed by atoms with van der Waals surface area (Å²) < 4.78 is 0. The molecule has 2 aromatic rings. The number of aromatic nitrogens is 1. The van der Waals surface area contributed by atoms with Gasteiger partial charge >= 0.3 is 0 Å². The van der Waals surface area contributed by atoms with Gasteiger partial charge in [-0.3, -0.25) is 14.9 Å². The van der Waals surface area contributed by atoms with Gasteiger partial charge < -0.3 is 4.90 Å². The van der Waals surface area contributed by atoms with Gasteiger partial charge in [0.2, 0.25) is 5.91 Å². The molecule has 0 radical (unpaired) electrons. The minimum atomic E-state index is -0.273. The summed E-state index contributed by atoms with van der Waals surface area (Å²) in [5.41, 5.74) is 2.84. The second-order valence-electron chi connectivity index (χ2n) is 6.28. The number of hydrogen-bond donors (Lipinski definition) is 1. The Hall–Kier alpha value is -2.47. The molecule has 0 saturated carbocycles. The zero-order valence-electron chi connectivity index (χ0n) is 15.2. The zero-order chi connectivity index (χ0) is 18.6. The molecule has 0 atom stereocenters. The first kappa shape index (κ1) is 18.9. The number of benzene rings is 1. The van der Waals surface area contributed by atoms with Crippen LogP contribution in [-0.4, -0.2) is 35.8 Å². The van der Waals surface area contributed by atoms with Gasteiger partial charge in [0.05, 0.1) is 5.69 Å². The topological polar surface area (TPSA) is 62.3 Å². The summed E-state index contributed by atoms with van der Waals surface area (Å²) in [5.74, 6) is 0.0929. The van der Waals surface area contributed by atoms with E-state index in [-0.39, 0.29) is 11.8 Å². The van der Waals surface area contributed by atoms with E-state index in [1.54, 1.807) is 27.1 Å². The lowest BCUT2D eigenvalue weighted by Gasteiger charge is -2.07. The number of aryl methyl sites for hydroxylation is 1. The smallest absolute Gasteiger partial charge is 0.265 e. The van der Waals surface area contributed by atoms with Crippen LogP contribution in [0.15, 0.2) is 30.3 Å². The Labute approximate surface area is 152 Å². The summed E-state index contributed by atoms with van der Waals surface area (Å²) >= 11 is 1.18. The number of hydrogen-bond acceptors (Lipinski definition) is 4. The van der Waals surface area contributed by atoms with Crippen LogP contribution in [0.4, 0.5) is 5.13 Å². The molecule has 0 spiro atoms. The Morgan fingerprint density at radius 3 is 2.40 bits per heavy atom. The lowest BCUT2D eigenvalue weighted by Crippen LogP contribution is -2.21. The minimum absolute atomic E-state index is 0.115. The average molecular weight is 357 g/mol. The third kappa shape index (κ3) is 5.00. The quantitative estimate of drug-likeness (QED) is 0.825. The summed E-state index contributed by atoms with van der Waals surface area (Å²) in [5, 5.41) is 3.13. The van der Waals surface area contributed by atoms with Crippen molar-refractivity contribution < 1.29 is 9.59 Å². The molecular formula is C19H23N3O2S. The van der Waals surface area contributed by atoms with Crippen molar-refractivity contribution in [3.05, 3.63) is 52.0 Å². The Kier molecular flexibility index (Phi) is 6.09. The molecule has 2 rings (SSSR count). The Balaban J connectivity index is 2.02. The molecule has 0 aliphatic carbocycles. The van der Waals surface area contributed by atoms with E-state index in [0.29, 0.717) is 21.6 Å². The van der Waals surface area contributed by atoms with Gasteiger partial charge in [-0.25, -0.2) is 4.98 Å². The summed E-state index contributed by atoms with van der Waals surface area (Å²) in [4.78, 5) is 30.4. The highest BCUT2D eigenvalue weighted by Crippen LogP contribution is 2.23. The van der Waals surface area contributed by atoms with Gasteiger partial charge in [-0.15, -0.1) is 0 Å². The van der Waals surface area contributed by atoms with E-state index in [0.717, 1.165) is 5.56 Å². The molecule has 0 aliphatic rings. The van der Waals surface area contributed by atoms with E-state index in [2.05, 4.69) is 36.3 Å². The molecule has 0 saturated heterocycles. The number of anilines is 1. The number of amides is 2. The molecule has 0 fully saturated rings. The predicted octanol–water partition coefficient (Wildman–Crippen LogP) is 3.93. The van der Waals surface area contributed by atoms with Gasteiger partial charge in [-0.2, -0.15) is 0 Å². The van der Waals surface area contributed by atoms with E-state index in [1.807, 2.05) is 12.1 Å². The van der Waals surface area contributed by atoms with Gasteiger partial charge in [0.25, 0.3) is 5.91 Å². The number of rotatable bonds is 5. The van der Waals surface area contributed by atoms with Crippen LogP contribution >= 0.6 is 11.3 Å². The normalized spacial score (nSPS) is 11.1. The van der Waals surface area contributed by atoms with Crippen LogP contribution in [0, 0.1) is 6.92 Å². The Morgan fingerprint density at radius 2 is 1.84 bits per heavy atom. The molecule has 1 heterocycles. The van der Waals surface area contributed by atoms with Crippen molar-refractivity contribution in [3.8, 4) is 0 Å². The average Bonchev–Trinajstić information content (AvgIpc) is 2.92. The van der Waals surface area contributed by atoms with Gasteiger partial charge in [0.15, 0.2) is 5.13 Å². The van der Waals surface area contributed by atoms with Crippen LogP contribution < -0.4 is 5.32 Å². The molecule has 6 heteroatoms. The highest BCUT2D eigenvalue weighted by molar-refractivity contribution is 7.17. The van der Waals surface area contributed by atoms with Crippen LogP contribution in [0.1, 0.15) is 46.3 Å². The van der Waals surface area contributed by atoms with E-state index >= 15 is 0 Å². The third-order valence-corrected chi connectivity index (χ3v) is 4.72. The maximum Gasteiger partial charge on any atom is 0.265 e. The maximum absolute atomic E-state index is 12.1. The van der Waals surface area contributed by atoms with Crippen LogP contribution in [0.2, 0.25) is 0 Å². The lowest BCUT2D eigenvalue weighted by molar-refractivity contribution is -0.111. The molecule has 1 N–H and O–H groups in total. The molecule has 25 heavy (non-hydrogen) atoms. The summed E-state index contributed by atoms with van der Waals surface area (Å²) in [6.45, 7) is 6.04. The second kappa shape index (κ2) is 8.07. The van der Waals surface area contributed by atoms with Gasteiger partial charge in [-0.1, -0.05) is 49.4 Å². The van der Waals surface area contributed by atoms with Crippen molar-refractivity contribution in [2.24, 2.45) is 0 Å². The maximum atomic E-state index is 12.1. The van der Waals surface area contributed by atoms with Crippen molar-refractivity contribution in [3.63, 3.8) is 0 Å². The highest BCUT2D eigenvalue weighted by Gasteiger charge is 2.17. The molecule has 2 amide bonds. The predicted molar refractivity (Wildman–Crippen MR) is 103 cm³/mol. The highest BCUT2D eigenvalue weighted by atomic mass is 32.1. The standard InChI is InChI=1S/C19H23N3O2S/c1-12(2)15-9-6-14(7-10-15)8-11-16(23)21-19-20-13(3)17(25-19)18(24)22(4)5/h6-12H,1-5H3,(H,20,21,23). The molecule has 0 bridgehead atoms. The third-order valence-electron chi connectivity index (χ3n) is 3.66. The molecule has 1 aromatic heterocycles. The number of nitrogens with zero attached hydrogens (tertiary/aromatic N) is 2. The Bertz CT molecular complexity index is 790. The van der Waals surface area contributed by atoms with Crippen LogP contribution in [0.3, 0.4) is 0 Å². The van der Waals surface area contributed by atoms with Crippen molar-refractivity contribution in [2.45, 2.75) is 26.7 Å². The number of carbonyl (C=O) groups excluding carboxylic acids is 2. The van der Waals surface area contributed by atoms with Gasteiger partial charge in [-0.05, 0) is 30.0 Å². The first-order chi connectivity index (χ1) is 11.8. The van der Waals surface area contributed by atoms with Crippen molar-refractivity contribution in [2.75, 3.05) is 19.4 Å². The van der Waals surface area contributed by atoms with E-state index in [4.69, 9.17) is 0 Å². The van der Waals surface area contributed by atoms with E-state index < -0.39 is 0 Å². The zero-order valence-corrected chi connectivity index (χ0v) is 16.0. The number of nitrogens with one attached hydrogen (secondary N) is 1. The van der Waals surface area contributed by atoms with Crippen molar-refractivity contribution >= 4 is 34.4 Å². The van der Waals surface area contributed by atoms with Gasteiger partial charge in [0.1, 0.15) is 4.88 Å². The second-order valence-corrected chi connectivity index (χ2v) is 7.28. The van der Waals surface area contributed by atoms with Crippen LogP contribution in [-0.2, 0) is 4.79 Å². The SMILES string of the molecule is Cc1nc(NC(=O)C=Cc2ccc(C(C)C)cc2)sc1C(=O)N(C)C. The summed E-state index contributed by atoms with van der Waals surface area (Å²) in [6.07, 6.45) is 3.22. The Morgan fingerprint density at radius 1 is 1.20 bits per heavy atom. The first-order valence-corrected chi connectivity index (χ1v) is 8.87. The molecular weight excluding hydrogens is 334 g/mol. The molecule has 0 aliphatic heterocycles. The first-order valence-electron chi connectivity index (χ1n) is 8.06. The molecule has 0 unspecified atom stereocenters. The summed E-state index contributed by atoms with van der Waals surface area (Å²) in [7, 11) is 3.38. The van der Waals surface area contributed by atoms with Gasteiger partial charge in [0, 0.05) is 20.2 Å². The number of thiazole rings is 1. The monoisotopic (exact) mass is 357 g/mol. The van der Waals surface area contributed by atoms with E-state index in [9.17, 15) is 9.59 Å². The lowest BCUT2D eigenvalue weighted by atomic mass is 10.0. The van der Waals surface area contributed by atoms with Crippen molar-refractivity contribution in [1.29, 1.82) is 0 Å². The fourth-order valence-electron chi connectivity index (χ4n) is 2.16. The largest absolute Gasteiger partial charge is 0.344 e. The van der Waals surface area contributed by atoms with Crippen LogP contribution in [0.25, 0.3) is 6.08 Å². The fraction of sp³-hybridized carbons (Fsp3) is 0.316. The van der Waals surface area contributed by atoms with Crippen molar-refractivity contribution in [1.82, 2.24) is 9.88 Å². The number of carbonyl (C=O) groups is 2.